The van der Waals surface area contributed by atoms with Gasteiger partial charge < -0.3 is 10.5 Å². The summed E-state index contributed by atoms with van der Waals surface area (Å²) in [6, 6.07) is 5.59. The van der Waals surface area contributed by atoms with Gasteiger partial charge in [-0.3, -0.25) is 5.43 Å². The lowest BCUT2D eigenvalue weighted by Gasteiger charge is -2.11. The average Bonchev–Trinajstić information content (AvgIpc) is 2.50. The molecule has 0 aliphatic rings. The van der Waals surface area contributed by atoms with E-state index in [1.807, 2.05) is 4.83 Å². The molecule has 0 spiro atoms. The van der Waals surface area contributed by atoms with Crippen LogP contribution < -0.4 is 20.7 Å². The summed E-state index contributed by atoms with van der Waals surface area (Å²) < 4.78 is 64.9. The molecule has 0 unspecified atom stereocenters. The van der Waals surface area contributed by atoms with Crippen LogP contribution in [0.2, 0.25) is 5.15 Å². The normalized spacial score (nSPS) is 12.0. The first kappa shape index (κ1) is 19.0. The lowest BCUT2D eigenvalue weighted by atomic mass is 10.3. The Kier molecular flexibility index (Phi) is 5.55. The number of hydrogen-bond acceptors (Lipinski definition) is 7. The predicted molar refractivity (Wildman–Crippen MR) is 83.4 cm³/mol. The van der Waals surface area contributed by atoms with Gasteiger partial charge in [0.25, 0.3) is 10.0 Å². The van der Waals surface area contributed by atoms with Gasteiger partial charge in [0, 0.05) is 6.07 Å². The van der Waals surface area contributed by atoms with Gasteiger partial charge in [-0.1, -0.05) is 11.6 Å². The van der Waals surface area contributed by atoms with E-state index in [1.54, 1.807) is 0 Å². The van der Waals surface area contributed by atoms with Gasteiger partial charge in [0.15, 0.2) is 6.61 Å². The van der Waals surface area contributed by atoms with Gasteiger partial charge in [0.1, 0.15) is 16.7 Å². The van der Waals surface area contributed by atoms with E-state index in [9.17, 15) is 21.6 Å². The Bertz CT molecular complexity index is 826. The number of rotatable bonds is 6. The highest BCUT2D eigenvalue weighted by Crippen LogP contribution is 2.20. The first-order chi connectivity index (χ1) is 11.5. The smallest absolute Gasteiger partial charge is 0.422 e. The van der Waals surface area contributed by atoms with Crippen molar-refractivity contribution in [3.05, 3.63) is 35.5 Å². The number of aromatic nitrogens is 2. The molecule has 1 aromatic carbocycles. The molecule has 1 aromatic heterocycles. The van der Waals surface area contributed by atoms with Crippen molar-refractivity contribution in [1.29, 1.82) is 0 Å². The van der Waals surface area contributed by atoms with E-state index in [2.05, 4.69) is 20.1 Å². The van der Waals surface area contributed by atoms with Crippen LogP contribution in [0.5, 0.6) is 5.75 Å². The Hall–Kier alpha value is -2.31. The largest absolute Gasteiger partial charge is 0.484 e. The van der Waals surface area contributed by atoms with Crippen LogP contribution in [-0.4, -0.2) is 31.2 Å². The monoisotopic (exact) mass is 397 g/mol. The number of nitrogens with two attached hydrogens (primary N) is 1. The second-order valence-corrected chi connectivity index (χ2v) is 6.61. The second kappa shape index (κ2) is 7.29. The molecule has 1 heterocycles. The number of anilines is 2. The molecular weight excluding hydrogens is 387 g/mol. The SMILES string of the molecule is Nc1nc(Cl)cc(NNS(=O)(=O)c2ccc(OCC(F)(F)F)cc2)n1. The Morgan fingerprint density at radius 2 is 1.84 bits per heavy atom. The number of hydrogen-bond donors (Lipinski definition) is 3. The van der Waals surface area contributed by atoms with E-state index in [4.69, 9.17) is 17.3 Å². The maximum atomic E-state index is 12.1. The quantitative estimate of drug-likeness (QED) is 0.503. The molecular formula is C12H11ClF3N5O3S. The summed E-state index contributed by atoms with van der Waals surface area (Å²) in [7, 11) is -4.03. The summed E-state index contributed by atoms with van der Waals surface area (Å²) in [5.41, 5.74) is 7.66. The van der Waals surface area contributed by atoms with Crippen LogP contribution in [0.15, 0.2) is 35.2 Å². The highest BCUT2D eigenvalue weighted by Gasteiger charge is 2.28. The molecule has 4 N–H and O–H groups in total. The number of alkyl halides is 3. The summed E-state index contributed by atoms with van der Waals surface area (Å²) in [4.78, 5) is 9.12. The van der Waals surface area contributed by atoms with Crippen molar-refractivity contribution in [3.63, 3.8) is 0 Å². The molecule has 0 bridgehead atoms. The number of nitrogens with one attached hydrogen (secondary N) is 2. The molecule has 0 fully saturated rings. The summed E-state index contributed by atoms with van der Waals surface area (Å²) in [5, 5.41) is 0.000337. The van der Waals surface area contributed by atoms with Gasteiger partial charge in [0.05, 0.1) is 4.90 Å². The first-order valence-corrected chi connectivity index (χ1v) is 8.29. The van der Waals surface area contributed by atoms with Crippen molar-refractivity contribution in [1.82, 2.24) is 14.8 Å². The molecule has 2 aromatic rings. The van der Waals surface area contributed by atoms with E-state index in [-0.39, 0.29) is 27.6 Å². The summed E-state index contributed by atoms with van der Waals surface area (Å²) in [5.74, 6) is -0.286. The molecule has 2 rings (SSSR count). The molecule has 0 atom stereocenters. The standard InChI is InChI=1S/C12H11ClF3N5O3S/c13-9-5-10(19-11(17)18-9)20-21-25(22,23)8-3-1-7(2-4-8)24-6-12(14,15)16/h1-5,21H,6H2,(H3,17,18,19,20). The van der Waals surface area contributed by atoms with Crippen LogP contribution in [0.25, 0.3) is 0 Å². The molecule has 0 radical (unpaired) electrons. The van der Waals surface area contributed by atoms with Crippen LogP contribution in [0.3, 0.4) is 0 Å². The number of ether oxygens (including phenoxy) is 1. The highest BCUT2D eigenvalue weighted by atomic mass is 35.5. The fourth-order valence-electron chi connectivity index (χ4n) is 1.56. The maximum absolute atomic E-state index is 12.1. The molecule has 25 heavy (non-hydrogen) atoms. The second-order valence-electron chi connectivity index (χ2n) is 4.54. The van der Waals surface area contributed by atoms with Crippen molar-refractivity contribution in [2.75, 3.05) is 17.8 Å². The van der Waals surface area contributed by atoms with Gasteiger partial charge in [0.2, 0.25) is 5.95 Å². The minimum absolute atomic E-state index is 0.000337. The zero-order chi connectivity index (χ0) is 18.7. The van der Waals surface area contributed by atoms with Crippen LogP contribution in [0, 0.1) is 0 Å². The number of hydrazine groups is 1. The van der Waals surface area contributed by atoms with Gasteiger partial charge in [-0.2, -0.15) is 18.2 Å². The minimum Gasteiger partial charge on any atom is -0.484 e. The third kappa shape index (κ3) is 5.92. The minimum atomic E-state index is -4.49. The molecule has 0 aliphatic carbocycles. The van der Waals surface area contributed by atoms with E-state index in [0.717, 1.165) is 24.3 Å². The molecule has 8 nitrogen and oxygen atoms in total. The molecule has 136 valence electrons. The van der Waals surface area contributed by atoms with Gasteiger partial charge in [-0.15, -0.1) is 4.83 Å². The van der Waals surface area contributed by atoms with Gasteiger partial charge >= 0.3 is 6.18 Å². The van der Waals surface area contributed by atoms with E-state index in [0.29, 0.717) is 0 Å². The Morgan fingerprint density at radius 1 is 1.20 bits per heavy atom. The van der Waals surface area contributed by atoms with Crippen molar-refractivity contribution >= 4 is 33.4 Å². The van der Waals surface area contributed by atoms with E-state index >= 15 is 0 Å². The zero-order valence-corrected chi connectivity index (χ0v) is 13.8. The number of nitrogens with zero attached hydrogens (tertiary/aromatic N) is 2. The molecule has 0 saturated heterocycles. The third-order valence-electron chi connectivity index (χ3n) is 2.56. The molecule has 13 heteroatoms. The zero-order valence-electron chi connectivity index (χ0n) is 12.2. The molecule has 0 amide bonds. The van der Waals surface area contributed by atoms with Crippen LogP contribution in [0.4, 0.5) is 24.9 Å². The maximum Gasteiger partial charge on any atom is 0.422 e. The van der Waals surface area contributed by atoms with Gasteiger partial charge in [-0.05, 0) is 24.3 Å². The van der Waals surface area contributed by atoms with Crippen molar-refractivity contribution < 1.29 is 26.3 Å². The van der Waals surface area contributed by atoms with Crippen molar-refractivity contribution in [3.8, 4) is 5.75 Å². The molecule has 0 aliphatic heterocycles. The fourth-order valence-corrected chi connectivity index (χ4v) is 2.60. The first-order valence-electron chi connectivity index (χ1n) is 6.43. The van der Waals surface area contributed by atoms with E-state index in [1.165, 1.54) is 6.07 Å². The van der Waals surface area contributed by atoms with Crippen LogP contribution in [0.1, 0.15) is 0 Å². The lowest BCUT2D eigenvalue weighted by Crippen LogP contribution is -2.30. The number of nitrogen functional groups attached to an aromatic ring is 1. The fraction of sp³-hybridized carbons (Fsp3) is 0.167. The lowest BCUT2D eigenvalue weighted by molar-refractivity contribution is -0.153. The van der Waals surface area contributed by atoms with Crippen molar-refractivity contribution in [2.45, 2.75) is 11.1 Å². The summed E-state index contributed by atoms with van der Waals surface area (Å²) in [6.07, 6.45) is -4.49. The van der Waals surface area contributed by atoms with E-state index < -0.39 is 22.8 Å². The third-order valence-corrected chi connectivity index (χ3v) is 4.02. The average molecular weight is 398 g/mol. The molecule has 0 saturated carbocycles. The summed E-state index contributed by atoms with van der Waals surface area (Å²) in [6.45, 7) is -1.48. The van der Waals surface area contributed by atoms with Crippen LogP contribution >= 0.6 is 11.6 Å². The summed E-state index contributed by atoms with van der Waals surface area (Å²) >= 11 is 5.65. The van der Waals surface area contributed by atoms with Crippen LogP contribution in [-0.2, 0) is 10.0 Å². The Balaban J connectivity index is 2.03. The van der Waals surface area contributed by atoms with Crippen molar-refractivity contribution in [2.24, 2.45) is 0 Å². The Morgan fingerprint density at radius 3 is 2.40 bits per heavy atom. The topological polar surface area (TPSA) is 119 Å². The van der Waals surface area contributed by atoms with Gasteiger partial charge in [-0.25, -0.2) is 13.4 Å². The number of sulfonamides is 1. The number of halogens is 4. The Labute approximate surface area is 145 Å². The number of benzene rings is 1. The predicted octanol–water partition coefficient (Wildman–Crippen LogP) is 1.96. The highest BCUT2D eigenvalue weighted by molar-refractivity contribution is 7.89.